The summed E-state index contributed by atoms with van der Waals surface area (Å²) in [5.74, 6) is 0.472. The molecule has 11 nitrogen and oxygen atoms in total. The molecular formula is C26H21ClF5N9O2. The van der Waals surface area contributed by atoms with Crippen molar-refractivity contribution in [3.05, 3.63) is 77.0 Å². The quantitative estimate of drug-likeness (QED) is 0.121. The number of pyridine rings is 1. The van der Waals surface area contributed by atoms with Crippen molar-refractivity contribution in [2.75, 3.05) is 7.11 Å². The number of ether oxygens (including phenoxy) is 1. The van der Waals surface area contributed by atoms with E-state index in [2.05, 4.69) is 25.5 Å². The number of benzene rings is 1. The Labute approximate surface area is 244 Å². The normalized spacial score (nSPS) is 14.4. The van der Waals surface area contributed by atoms with Crippen molar-refractivity contribution in [1.29, 1.82) is 0 Å². The molecule has 4 heterocycles. The minimum Gasteiger partial charge on any atom is -0.618 e. The summed E-state index contributed by atoms with van der Waals surface area (Å²) < 4.78 is 75.6. The molecule has 1 aliphatic carbocycles. The van der Waals surface area contributed by atoms with Crippen LogP contribution in [0.4, 0.5) is 22.0 Å². The van der Waals surface area contributed by atoms with E-state index in [0.29, 0.717) is 21.8 Å². The van der Waals surface area contributed by atoms with E-state index >= 15 is 0 Å². The molecule has 0 aliphatic heterocycles. The molecule has 4 aromatic heterocycles. The Hall–Kier alpha value is -4.60. The highest BCUT2D eigenvalue weighted by molar-refractivity contribution is 6.31. The van der Waals surface area contributed by atoms with Crippen molar-refractivity contribution in [1.82, 2.24) is 39.5 Å². The van der Waals surface area contributed by atoms with Crippen molar-refractivity contribution in [2.45, 2.75) is 38.0 Å². The van der Waals surface area contributed by atoms with Crippen LogP contribution in [0.25, 0.3) is 28.2 Å². The molecule has 0 N–H and O–H groups in total. The highest BCUT2D eigenvalue weighted by atomic mass is 35.5. The highest BCUT2D eigenvalue weighted by Gasteiger charge is 2.36. The molecule has 1 aromatic carbocycles. The topological polar surface area (TPSA) is 115 Å². The molecule has 1 saturated carbocycles. The third-order valence-electron chi connectivity index (χ3n) is 7.08. The summed E-state index contributed by atoms with van der Waals surface area (Å²) in [4.78, 5) is 3.92. The third kappa shape index (κ3) is 5.61. The van der Waals surface area contributed by atoms with E-state index in [1.807, 2.05) is 0 Å². The molecule has 0 radical (unpaired) electrons. The second-order valence-electron chi connectivity index (χ2n) is 9.92. The van der Waals surface area contributed by atoms with Crippen LogP contribution in [0.3, 0.4) is 0 Å². The molecule has 6 rings (SSSR count). The molecule has 1 aliphatic rings. The Morgan fingerprint density at radius 2 is 1.93 bits per heavy atom. The van der Waals surface area contributed by atoms with Gasteiger partial charge in [0.15, 0.2) is 17.7 Å². The standard InChI is InChI=1S/C26H21ClF5N9O2/c1-43-22-8-21(20(6-14-2-3-14)38-10-15(9-34-38)24-33-13-35-41(24)25(28)29)40(42)11-18(22)17-7-16(27)4-5-19(17)39-12-23(36-37-39)26(30,31)32/h4-5,7-14,20,25H,2-3,6H2,1H3/t20-/m1/s1. The first-order valence-electron chi connectivity index (χ1n) is 12.9. The van der Waals surface area contributed by atoms with Crippen LogP contribution in [0.2, 0.25) is 5.02 Å². The van der Waals surface area contributed by atoms with E-state index in [-0.39, 0.29) is 44.7 Å². The van der Waals surface area contributed by atoms with Crippen molar-refractivity contribution in [3.8, 4) is 34.0 Å². The number of hydrogen-bond donors (Lipinski definition) is 0. The molecule has 0 bridgehead atoms. The molecule has 0 amide bonds. The zero-order valence-corrected chi connectivity index (χ0v) is 22.9. The van der Waals surface area contributed by atoms with Crippen LogP contribution in [-0.4, -0.2) is 46.6 Å². The summed E-state index contributed by atoms with van der Waals surface area (Å²) in [6.45, 7) is -2.90. The van der Waals surface area contributed by atoms with Gasteiger partial charge in [0.1, 0.15) is 18.1 Å². The van der Waals surface area contributed by atoms with Crippen molar-refractivity contribution in [3.63, 3.8) is 0 Å². The molecule has 1 fully saturated rings. The summed E-state index contributed by atoms with van der Waals surface area (Å²) in [7, 11) is 1.39. The van der Waals surface area contributed by atoms with Crippen LogP contribution in [0.5, 0.6) is 5.75 Å². The molecule has 0 saturated heterocycles. The number of halogens is 6. The lowest BCUT2D eigenvalue weighted by Crippen LogP contribution is -2.36. The SMILES string of the molecule is COc1cc([C@@H](CC2CC2)n2cc(-c3ncnn3C(F)F)cn2)[n+]([O-])cc1-c1cc(Cl)ccc1-n1cc(C(F)(F)F)nn1. The summed E-state index contributed by atoms with van der Waals surface area (Å²) in [6, 6.07) is 5.31. The second-order valence-corrected chi connectivity index (χ2v) is 10.4. The molecule has 5 aromatic rings. The first-order valence-corrected chi connectivity index (χ1v) is 13.2. The van der Waals surface area contributed by atoms with Gasteiger partial charge in [-0.05, 0) is 30.5 Å². The molecule has 17 heteroatoms. The van der Waals surface area contributed by atoms with E-state index in [0.717, 1.165) is 30.0 Å². The van der Waals surface area contributed by atoms with Gasteiger partial charge in [0, 0.05) is 16.8 Å². The summed E-state index contributed by atoms with van der Waals surface area (Å²) >= 11 is 6.25. The highest BCUT2D eigenvalue weighted by Crippen LogP contribution is 2.41. The fraction of sp³-hybridized carbons (Fsp3) is 0.308. The van der Waals surface area contributed by atoms with E-state index < -0.39 is 24.5 Å². The van der Waals surface area contributed by atoms with Gasteiger partial charge in [0.05, 0.1) is 42.4 Å². The Bertz CT molecular complexity index is 1780. The van der Waals surface area contributed by atoms with Crippen LogP contribution >= 0.6 is 11.6 Å². The van der Waals surface area contributed by atoms with Gasteiger partial charge in [-0.25, -0.2) is 9.67 Å². The van der Waals surface area contributed by atoms with E-state index in [4.69, 9.17) is 16.3 Å². The zero-order chi connectivity index (χ0) is 30.5. The minimum absolute atomic E-state index is 0.0790. The fourth-order valence-corrected chi connectivity index (χ4v) is 5.01. The zero-order valence-electron chi connectivity index (χ0n) is 22.2. The van der Waals surface area contributed by atoms with Crippen molar-refractivity contribution < 1.29 is 31.4 Å². The van der Waals surface area contributed by atoms with Gasteiger partial charge in [-0.1, -0.05) is 29.7 Å². The Kier molecular flexibility index (Phi) is 7.23. The number of hydrogen-bond acceptors (Lipinski definition) is 7. The second kappa shape index (κ2) is 10.9. The molecule has 0 spiro atoms. The molecule has 0 unspecified atom stereocenters. The summed E-state index contributed by atoms with van der Waals surface area (Å²) in [6.07, 6.45) is 3.63. The fourth-order valence-electron chi connectivity index (χ4n) is 4.84. The van der Waals surface area contributed by atoms with E-state index in [1.165, 1.54) is 54.6 Å². The maximum Gasteiger partial charge on any atom is 0.436 e. The Morgan fingerprint density at radius 3 is 2.60 bits per heavy atom. The van der Waals surface area contributed by atoms with Crippen LogP contribution in [0.15, 0.2) is 55.4 Å². The van der Waals surface area contributed by atoms with E-state index in [9.17, 15) is 27.2 Å². The smallest absolute Gasteiger partial charge is 0.436 e. The number of aromatic nitrogens is 9. The number of methoxy groups -OCH3 is 1. The lowest BCUT2D eigenvalue weighted by molar-refractivity contribution is -0.615. The molecule has 43 heavy (non-hydrogen) atoms. The maximum atomic E-state index is 13.6. The summed E-state index contributed by atoms with van der Waals surface area (Å²) in [5.41, 5.74) is 0.0240. The maximum absolute atomic E-state index is 13.6. The monoisotopic (exact) mass is 621 g/mol. The van der Waals surface area contributed by atoms with Gasteiger partial charge < -0.3 is 9.94 Å². The van der Waals surface area contributed by atoms with Gasteiger partial charge in [0.25, 0.3) is 0 Å². The largest absolute Gasteiger partial charge is 0.618 e. The van der Waals surface area contributed by atoms with Crippen LogP contribution in [0.1, 0.15) is 43.2 Å². The predicted molar refractivity (Wildman–Crippen MR) is 140 cm³/mol. The van der Waals surface area contributed by atoms with Gasteiger partial charge in [-0.2, -0.15) is 41.6 Å². The van der Waals surface area contributed by atoms with Gasteiger partial charge >= 0.3 is 12.7 Å². The lowest BCUT2D eigenvalue weighted by atomic mass is 10.0. The molecular weight excluding hydrogens is 601 g/mol. The Morgan fingerprint density at radius 1 is 1.14 bits per heavy atom. The first kappa shape index (κ1) is 28.5. The third-order valence-corrected chi connectivity index (χ3v) is 7.31. The van der Waals surface area contributed by atoms with Crippen LogP contribution in [-0.2, 0) is 6.18 Å². The lowest BCUT2D eigenvalue weighted by Gasteiger charge is -2.20. The Balaban J connectivity index is 1.43. The summed E-state index contributed by atoms with van der Waals surface area (Å²) in [5, 5.41) is 28.6. The van der Waals surface area contributed by atoms with Crippen LogP contribution in [0, 0.1) is 11.1 Å². The van der Waals surface area contributed by atoms with Crippen molar-refractivity contribution >= 4 is 11.6 Å². The first-order chi connectivity index (χ1) is 20.5. The number of nitrogens with zero attached hydrogens (tertiary/aromatic N) is 9. The van der Waals surface area contributed by atoms with Gasteiger partial charge in [0.2, 0.25) is 5.69 Å². The van der Waals surface area contributed by atoms with E-state index in [1.54, 1.807) is 0 Å². The average Bonchev–Trinajstić information content (AvgIpc) is 3.37. The van der Waals surface area contributed by atoms with Gasteiger partial charge in [-0.3, -0.25) is 4.68 Å². The van der Waals surface area contributed by atoms with Crippen molar-refractivity contribution in [2.24, 2.45) is 5.92 Å². The average molecular weight is 622 g/mol. The van der Waals surface area contributed by atoms with Gasteiger partial charge in [-0.15, -0.1) is 5.10 Å². The van der Waals surface area contributed by atoms with Crippen LogP contribution < -0.4 is 9.47 Å². The predicted octanol–water partition coefficient (Wildman–Crippen LogP) is 5.49. The minimum atomic E-state index is -4.71. The number of rotatable bonds is 9. The molecule has 224 valence electrons. The number of alkyl halides is 5. The molecule has 1 atom stereocenters.